The number of ether oxygens (including phenoxy) is 1. The molecular formula is C4H6O2S. The third-order valence-electron chi connectivity index (χ3n) is 0.733. The van der Waals surface area contributed by atoms with E-state index in [4.69, 9.17) is 0 Å². The van der Waals surface area contributed by atoms with Gasteiger partial charge in [0.1, 0.15) is 5.44 Å². The fourth-order valence-electron chi connectivity index (χ4n) is 0.439. The highest BCUT2D eigenvalue weighted by molar-refractivity contribution is 8.00. The predicted octanol–water partition coefficient (Wildman–Crippen LogP) is 0.622. The molecule has 0 N–H and O–H groups in total. The molecule has 7 heavy (non-hydrogen) atoms. The Morgan fingerprint density at radius 2 is 2.71 bits per heavy atom. The van der Waals surface area contributed by atoms with Crippen LogP contribution in [-0.2, 0) is 9.53 Å². The predicted molar refractivity (Wildman–Crippen MR) is 28.0 cm³/mol. The highest BCUT2D eigenvalue weighted by atomic mass is 32.2. The van der Waals surface area contributed by atoms with E-state index in [9.17, 15) is 4.79 Å². The number of carbonyl (C=O) groups is 1. The van der Waals surface area contributed by atoms with Crippen molar-refractivity contribution in [3.63, 3.8) is 0 Å². The maximum Gasteiger partial charge on any atom is 0.317 e. The van der Waals surface area contributed by atoms with Crippen LogP contribution in [0.15, 0.2) is 0 Å². The van der Waals surface area contributed by atoms with Crippen molar-refractivity contribution in [1.29, 1.82) is 0 Å². The Hall–Kier alpha value is -0.180. The van der Waals surface area contributed by atoms with Gasteiger partial charge in [-0.2, -0.15) is 0 Å². The van der Waals surface area contributed by atoms with Gasteiger partial charge in [-0.1, -0.05) is 0 Å². The van der Waals surface area contributed by atoms with Gasteiger partial charge in [0.15, 0.2) is 0 Å². The lowest BCUT2D eigenvalue weighted by atomic mass is 10.8. The molecule has 0 aromatic heterocycles. The van der Waals surface area contributed by atoms with E-state index < -0.39 is 0 Å². The molecule has 3 heteroatoms. The first-order valence-electron chi connectivity index (χ1n) is 2.10. The average molecular weight is 118 g/mol. The average Bonchev–Trinajstić information content (AvgIpc) is 1.87. The normalized spacial score (nSPS) is 30.4. The molecule has 0 radical (unpaired) electrons. The van der Waals surface area contributed by atoms with E-state index in [2.05, 4.69) is 4.74 Å². The van der Waals surface area contributed by atoms with Crippen molar-refractivity contribution in [2.24, 2.45) is 0 Å². The van der Waals surface area contributed by atoms with Crippen molar-refractivity contribution in [3.8, 4) is 0 Å². The van der Waals surface area contributed by atoms with Crippen molar-refractivity contribution >= 4 is 17.7 Å². The maximum atomic E-state index is 10.2. The molecule has 1 aliphatic rings. The van der Waals surface area contributed by atoms with E-state index in [0.717, 1.165) is 0 Å². The van der Waals surface area contributed by atoms with E-state index in [1.807, 2.05) is 6.92 Å². The fraction of sp³-hybridized carbons (Fsp3) is 0.750. The van der Waals surface area contributed by atoms with Gasteiger partial charge >= 0.3 is 5.97 Å². The SMILES string of the molecule is C[C@@H]1OC(=O)CS1. The largest absolute Gasteiger partial charge is 0.451 e. The Kier molecular flexibility index (Phi) is 1.23. The van der Waals surface area contributed by atoms with Gasteiger partial charge in [-0.3, -0.25) is 4.79 Å². The van der Waals surface area contributed by atoms with Crippen LogP contribution in [0.1, 0.15) is 6.92 Å². The van der Waals surface area contributed by atoms with E-state index in [-0.39, 0.29) is 11.4 Å². The zero-order chi connectivity index (χ0) is 5.28. The number of esters is 1. The van der Waals surface area contributed by atoms with E-state index in [0.29, 0.717) is 5.75 Å². The van der Waals surface area contributed by atoms with Crippen molar-refractivity contribution in [1.82, 2.24) is 0 Å². The van der Waals surface area contributed by atoms with Gasteiger partial charge in [-0.05, 0) is 6.92 Å². The van der Waals surface area contributed by atoms with Crippen LogP contribution in [0.3, 0.4) is 0 Å². The Labute approximate surface area is 46.2 Å². The minimum Gasteiger partial charge on any atom is -0.451 e. The number of rotatable bonds is 0. The lowest BCUT2D eigenvalue weighted by molar-refractivity contribution is -0.139. The molecule has 2 nitrogen and oxygen atoms in total. The summed E-state index contributed by atoms with van der Waals surface area (Å²) in [4.78, 5) is 10.2. The second-order valence-corrected chi connectivity index (χ2v) is 2.65. The van der Waals surface area contributed by atoms with Crippen LogP contribution in [0.2, 0.25) is 0 Å². The standard InChI is InChI=1S/C4H6O2S/c1-3-6-4(5)2-7-3/h3H,2H2,1H3/t3-/m1/s1. The number of hydrogen-bond donors (Lipinski definition) is 0. The summed E-state index contributed by atoms with van der Waals surface area (Å²) in [7, 11) is 0. The summed E-state index contributed by atoms with van der Waals surface area (Å²) in [6, 6.07) is 0. The molecule has 0 amide bonds. The van der Waals surface area contributed by atoms with E-state index >= 15 is 0 Å². The van der Waals surface area contributed by atoms with Crippen LogP contribution in [0.25, 0.3) is 0 Å². The lowest BCUT2D eigenvalue weighted by Gasteiger charge is -1.94. The zero-order valence-electron chi connectivity index (χ0n) is 4.01. The quantitative estimate of drug-likeness (QED) is 0.436. The number of carbonyl (C=O) groups excluding carboxylic acids is 1. The first kappa shape index (κ1) is 4.97. The third-order valence-corrected chi connectivity index (χ3v) is 1.70. The van der Waals surface area contributed by atoms with Gasteiger partial charge < -0.3 is 4.74 Å². The number of hydrogen-bond acceptors (Lipinski definition) is 3. The molecule has 40 valence electrons. The van der Waals surface area contributed by atoms with Crippen LogP contribution in [0.4, 0.5) is 0 Å². The van der Waals surface area contributed by atoms with Crippen LogP contribution in [0, 0.1) is 0 Å². The molecule has 0 aromatic rings. The van der Waals surface area contributed by atoms with Gasteiger partial charge in [0.05, 0.1) is 5.75 Å². The summed E-state index contributed by atoms with van der Waals surface area (Å²) >= 11 is 1.53. The van der Waals surface area contributed by atoms with Gasteiger partial charge in [-0.25, -0.2) is 0 Å². The molecule has 1 fully saturated rings. The Bertz CT molecular complexity index is 91.7. The fourth-order valence-corrected chi connectivity index (χ4v) is 1.05. The van der Waals surface area contributed by atoms with Crippen LogP contribution in [-0.4, -0.2) is 17.2 Å². The Morgan fingerprint density at radius 1 is 2.00 bits per heavy atom. The first-order chi connectivity index (χ1) is 3.29. The molecule has 0 bridgehead atoms. The lowest BCUT2D eigenvalue weighted by Crippen LogP contribution is -1.99. The topological polar surface area (TPSA) is 26.3 Å². The number of thioether (sulfide) groups is 1. The van der Waals surface area contributed by atoms with Crippen LogP contribution < -0.4 is 0 Å². The summed E-state index contributed by atoms with van der Waals surface area (Å²) < 4.78 is 4.69. The van der Waals surface area contributed by atoms with Crippen molar-refractivity contribution in [2.75, 3.05) is 5.75 Å². The van der Waals surface area contributed by atoms with Gasteiger partial charge in [0.2, 0.25) is 0 Å². The molecule has 1 atom stereocenters. The molecule has 1 saturated heterocycles. The molecule has 0 aromatic carbocycles. The Balaban J connectivity index is 2.40. The summed E-state index contributed by atoms with van der Waals surface area (Å²) in [5.74, 6) is 0.443. The van der Waals surface area contributed by atoms with E-state index in [1.165, 1.54) is 11.8 Å². The molecule has 1 aliphatic heterocycles. The smallest absolute Gasteiger partial charge is 0.317 e. The second-order valence-electron chi connectivity index (χ2n) is 1.37. The summed E-state index contributed by atoms with van der Waals surface area (Å²) in [6.07, 6.45) is 0. The van der Waals surface area contributed by atoms with Gasteiger partial charge in [-0.15, -0.1) is 11.8 Å². The summed E-state index contributed by atoms with van der Waals surface area (Å²) in [5.41, 5.74) is 0.0903. The zero-order valence-corrected chi connectivity index (χ0v) is 4.83. The van der Waals surface area contributed by atoms with Crippen molar-refractivity contribution < 1.29 is 9.53 Å². The summed E-state index contributed by atoms with van der Waals surface area (Å²) in [5, 5.41) is 0. The molecule has 0 saturated carbocycles. The first-order valence-corrected chi connectivity index (χ1v) is 3.15. The van der Waals surface area contributed by atoms with Crippen LogP contribution in [0.5, 0.6) is 0 Å². The van der Waals surface area contributed by atoms with Crippen molar-refractivity contribution in [3.05, 3.63) is 0 Å². The minimum absolute atomic E-state index is 0.0856. The molecule has 0 spiro atoms. The maximum absolute atomic E-state index is 10.2. The van der Waals surface area contributed by atoms with Crippen LogP contribution >= 0.6 is 11.8 Å². The van der Waals surface area contributed by atoms with E-state index in [1.54, 1.807) is 0 Å². The molecule has 0 aliphatic carbocycles. The molecule has 0 unspecified atom stereocenters. The van der Waals surface area contributed by atoms with Gasteiger partial charge in [0.25, 0.3) is 0 Å². The molecule has 1 heterocycles. The minimum atomic E-state index is -0.0856. The molecular weight excluding hydrogens is 112 g/mol. The van der Waals surface area contributed by atoms with Crippen molar-refractivity contribution in [2.45, 2.75) is 12.4 Å². The highest BCUT2D eigenvalue weighted by Crippen LogP contribution is 2.18. The summed E-state index contributed by atoms with van der Waals surface area (Å²) in [6.45, 7) is 1.87. The molecule has 1 rings (SSSR count). The Morgan fingerprint density at radius 3 is 2.86 bits per heavy atom. The third kappa shape index (κ3) is 1.09. The van der Waals surface area contributed by atoms with Gasteiger partial charge in [0, 0.05) is 0 Å². The second kappa shape index (κ2) is 1.74. The highest BCUT2D eigenvalue weighted by Gasteiger charge is 2.18. The monoisotopic (exact) mass is 118 g/mol. The number of cyclic esters (lactones) is 1.